The molecular formula is C22H27N3O3S. The van der Waals surface area contributed by atoms with Crippen molar-refractivity contribution in [1.29, 1.82) is 0 Å². The Kier molecular flexibility index (Phi) is 5.61. The number of carbonyl (C=O) groups is 1. The maximum Gasteiger partial charge on any atom is 0.246 e. The highest BCUT2D eigenvalue weighted by Crippen LogP contribution is 2.29. The molecule has 6 nitrogen and oxygen atoms in total. The molecule has 4 rings (SSSR count). The Labute approximate surface area is 172 Å². The van der Waals surface area contributed by atoms with Crippen LogP contribution in [0.1, 0.15) is 31.7 Å². The Hall–Kier alpha value is -2.38. The first kappa shape index (κ1) is 19.9. The van der Waals surface area contributed by atoms with Gasteiger partial charge in [0.1, 0.15) is 6.04 Å². The molecule has 1 saturated heterocycles. The molecule has 0 saturated carbocycles. The minimum atomic E-state index is -3.46. The summed E-state index contributed by atoms with van der Waals surface area (Å²) in [5.41, 5.74) is 2.98. The lowest BCUT2D eigenvalue weighted by molar-refractivity contribution is -0.117. The van der Waals surface area contributed by atoms with E-state index >= 15 is 0 Å². The van der Waals surface area contributed by atoms with Gasteiger partial charge in [-0.05, 0) is 62.1 Å². The number of hydrogen-bond donors (Lipinski definition) is 1. The third-order valence-electron chi connectivity index (χ3n) is 5.84. The lowest BCUT2D eigenvalue weighted by atomic mass is 10.1. The normalized spacial score (nSPS) is 18.3. The van der Waals surface area contributed by atoms with Crippen LogP contribution in [0.3, 0.4) is 0 Å². The molecule has 1 amide bonds. The molecule has 0 aliphatic carbocycles. The maximum absolute atomic E-state index is 12.8. The molecule has 154 valence electrons. The number of benzene rings is 2. The van der Waals surface area contributed by atoms with Gasteiger partial charge in [-0.2, -0.15) is 4.31 Å². The van der Waals surface area contributed by atoms with Gasteiger partial charge in [-0.1, -0.05) is 24.6 Å². The summed E-state index contributed by atoms with van der Waals surface area (Å²) in [4.78, 5) is 15.1. The number of anilines is 2. The van der Waals surface area contributed by atoms with Crippen molar-refractivity contribution >= 4 is 27.3 Å². The third-order valence-corrected chi connectivity index (χ3v) is 7.76. The van der Waals surface area contributed by atoms with Crippen LogP contribution in [0.2, 0.25) is 0 Å². The topological polar surface area (TPSA) is 69.7 Å². The lowest BCUT2D eigenvalue weighted by Gasteiger charge is -2.27. The van der Waals surface area contributed by atoms with Gasteiger partial charge in [0.05, 0.1) is 4.90 Å². The van der Waals surface area contributed by atoms with Crippen molar-refractivity contribution in [3.63, 3.8) is 0 Å². The lowest BCUT2D eigenvalue weighted by Crippen LogP contribution is -2.41. The van der Waals surface area contributed by atoms with Crippen molar-refractivity contribution in [1.82, 2.24) is 4.31 Å². The Morgan fingerprint density at radius 1 is 0.966 bits per heavy atom. The Balaban J connectivity index is 1.43. The van der Waals surface area contributed by atoms with Crippen LogP contribution in [0.5, 0.6) is 0 Å². The predicted molar refractivity (Wildman–Crippen MR) is 115 cm³/mol. The van der Waals surface area contributed by atoms with Gasteiger partial charge in [0.2, 0.25) is 15.9 Å². The highest BCUT2D eigenvalue weighted by Gasteiger charge is 2.28. The second-order valence-electron chi connectivity index (χ2n) is 7.73. The molecule has 1 unspecified atom stereocenters. The van der Waals surface area contributed by atoms with Gasteiger partial charge in [0.15, 0.2) is 0 Å². The Morgan fingerprint density at radius 3 is 2.38 bits per heavy atom. The van der Waals surface area contributed by atoms with Crippen LogP contribution in [-0.4, -0.2) is 44.3 Å². The fraction of sp³-hybridized carbons (Fsp3) is 0.409. The second-order valence-corrected chi connectivity index (χ2v) is 9.66. The maximum atomic E-state index is 12.8. The molecule has 29 heavy (non-hydrogen) atoms. The molecule has 1 fully saturated rings. The number of amides is 1. The van der Waals surface area contributed by atoms with Crippen LogP contribution in [0.4, 0.5) is 11.4 Å². The largest absolute Gasteiger partial charge is 0.359 e. The van der Waals surface area contributed by atoms with Gasteiger partial charge in [0.25, 0.3) is 0 Å². The highest BCUT2D eigenvalue weighted by molar-refractivity contribution is 7.89. The minimum absolute atomic E-state index is 0.103. The molecule has 0 bridgehead atoms. The van der Waals surface area contributed by atoms with Crippen molar-refractivity contribution in [2.75, 3.05) is 29.9 Å². The fourth-order valence-electron chi connectivity index (χ4n) is 4.12. The molecule has 0 radical (unpaired) electrons. The zero-order valence-corrected chi connectivity index (χ0v) is 17.5. The standard InChI is InChI=1S/C22H27N3O3S/c1-17(25-16-13-18-7-3-4-8-21(18)25)22(26)23-19-9-11-20(12-10-19)29(27,28)24-14-5-2-6-15-24/h3-4,7-12,17H,2,5-6,13-16H2,1H3,(H,23,26). The summed E-state index contributed by atoms with van der Waals surface area (Å²) in [6.07, 6.45) is 3.84. The summed E-state index contributed by atoms with van der Waals surface area (Å²) in [7, 11) is -3.46. The van der Waals surface area contributed by atoms with E-state index in [0.717, 1.165) is 37.9 Å². The van der Waals surface area contributed by atoms with E-state index < -0.39 is 10.0 Å². The molecule has 2 aliphatic rings. The molecule has 2 heterocycles. The number of nitrogens with zero attached hydrogens (tertiary/aromatic N) is 2. The summed E-state index contributed by atoms with van der Waals surface area (Å²) in [5, 5.41) is 2.92. The Bertz CT molecular complexity index is 983. The predicted octanol–water partition coefficient (Wildman–Crippen LogP) is 3.25. The first-order chi connectivity index (χ1) is 14.0. The van der Waals surface area contributed by atoms with Crippen molar-refractivity contribution in [2.45, 2.75) is 43.5 Å². The average molecular weight is 414 g/mol. The highest BCUT2D eigenvalue weighted by atomic mass is 32.2. The summed E-state index contributed by atoms with van der Waals surface area (Å²) < 4.78 is 27.1. The van der Waals surface area contributed by atoms with Gasteiger partial charge in [-0.15, -0.1) is 0 Å². The number of sulfonamides is 1. The van der Waals surface area contributed by atoms with E-state index in [-0.39, 0.29) is 16.8 Å². The van der Waals surface area contributed by atoms with Crippen LogP contribution in [0, 0.1) is 0 Å². The number of rotatable bonds is 5. The molecule has 2 aromatic rings. The van der Waals surface area contributed by atoms with Crippen LogP contribution in [0.25, 0.3) is 0 Å². The van der Waals surface area contributed by atoms with Gasteiger partial charge < -0.3 is 10.2 Å². The molecule has 1 atom stereocenters. The zero-order chi connectivity index (χ0) is 20.4. The van der Waals surface area contributed by atoms with Crippen LogP contribution in [-0.2, 0) is 21.2 Å². The van der Waals surface area contributed by atoms with Crippen molar-refractivity contribution in [3.8, 4) is 0 Å². The first-order valence-corrected chi connectivity index (χ1v) is 11.7. The molecule has 2 aliphatic heterocycles. The van der Waals surface area contributed by atoms with Crippen molar-refractivity contribution < 1.29 is 13.2 Å². The van der Waals surface area contributed by atoms with Crippen LogP contribution < -0.4 is 10.2 Å². The fourth-order valence-corrected chi connectivity index (χ4v) is 5.64. The first-order valence-electron chi connectivity index (χ1n) is 10.2. The van der Waals surface area contributed by atoms with Gasteiger partial charge >= 0.3 is 0 Å². The second kappa shape index (κ2) is 8.16. The quantitative estimate of drug-likeness (QED) is 0.817. The zero-order valence-electron chi connectivity index (χ0n) is 16.7. The summed E-state index contributed by atoms with van der Waals surface area (Å²) in [6.45, 7) is 3.87. The molecule has 1 N–H and O–H groups in total. The molecule has 7 heteroatoms. The Morgan fingerprint density at radius 2 is 1.66 bits per heavy atom. The monoisotopic (exact) mass is 413 g/mol. The summed E-state index contributed by atoms with van der Waals surface area (Å²) in [6, 6.07) is 14.3. The van der Waals surface area contributed by atoms with Crippen LogP contribution >= 0.6 is 0 Å². The number of fused-ring (bicyclic) bond motifs is 1. The molecular weight excluding hydrogens is 386 g/mol. The van der Waals surface area contributed by atoms with Gasteiger partial charge in [-0.3, -0.25) is 4.79 Å². The number of carbonyl (C=O) groups excluding carboxylic acids is 1. The van der Waals surface area contributed by atoms with E-state index in [4.69, 9.17) is 0 Å². The van der Waals surface area contributed by atoms with E-state index in [1.165, 1.54) is 5.56 Å². The number of para-hydroxylation sites is 1. The van der Waals surface area contributed by atoms with E-state index in [1.54, 1.807) is 28.6 Å². The smallest absolute Gasteiger partial charge is 0.246 e. The van der Waals surface area contributed by atoms with Crippen LogP contribution in [0.15, 0.2) is 53.4 Å². The van der Waals surface area contributed by atoms with E-state index in [9.17, 15) is 13.2 Å². The number of nitrogens with one attached hydrogen (secondary N) is 1. The third kappa shape index (κ3) is 4.02. The van der Waals surface area contributed by atoms with Gasteiger partial charge in [-0.25, -0.2) is 8.42 Å². The summed E-state index contributed by atoms with van der Waals surface area (Å²) in [5.74, 6) is -0.103. The van der Waals surface area contributed by atoms with E-state index in [2.05, 4.69) is 16.3 Å². The van der Waals surface area contributed by atoms with Crippen molar-refractivity contribution in [3.05, 3.63) is 54.1 Å². The number of piperidine rings is 1. The van der Waals surface area contributed by atoms with Crippen molar-refractivity contribution in [2.24, 2.45) is 0 Å². The molecule has 2 aromatic carbocycles. The van der Waals surface area contributed by atoms with E-state index in [1.807, 2.05) is 25.1 Å². The average Bonchev–Trinajstić information content (AvgIpc) is 3.18. The molecule has 0 spiro atoms. The minimum Gasteiger partial charge on any atom is -0.359 e. The SMILES string of the molecule is CC(C(=O)Nc1ccc(S(=O)(=O)N2CCCCC2)cc1)N1CCc2ccccc21. The molecule has 0 aromatic heterocycles. The van der Waals surface area contributed by atoms with E-state index in [0.29, 0.717) is 18.8 Å². The van der Waals surface area contributed by atoms with Gasteiger partial charge in [0, 0.05) is 31.0 Å². The summed E-state index contributed by atoms with van der Waals surface area (Å²) >= 11 is 0. The number of hydrogen-bond acceptors (Lipinski definition) is 4.